The second-order valence-corrected chi connectivity index (χ2v) is 4.91. The van der Waals surface area contributed by atoms with E-state index in [4.69, 9.17) is 24.7 Å². The van der Waals surface area contributed by atoms with Gasteiger partial charge in [-0.1, -0.05) is 0 Å². The molecule has 2 N–H and O–H groups in total. The predicted molar refractivity (Wildman–Crippen MR) is 80.8 cm³/mol. The number of ether oxygens (including phenoxy) is 4. The normalized spacial score (nSPS) is 11.3. The largest absolute Gasteiger partial charge is 0.474 e. The number of aromatic nitrogens is 2. The van der Waals surface area contributed by atoms with Gasteiger partial charge in [-0.15, -0.1) is 0 Å². The molecule has 0 atom stereocenters. The number of nitrogens with two attached hydrogens (primary N) is 1. The zero-order chi connectivity index (χ0) is 15.7. The van der Waals surface area contributed by atoms with Crippen LogP contribution >= 0.6 is 0 Å². The lowest BCUT2D eigenvalue weighted by Gasteiger charge is -2.12. The predicted octanol–water partition coefficient (Wildman–Crippen LogP) is 1.41. The summed E-state index contributed by atoms with van der Waals surface area (Å²) in [6.45, 7) is 9.11. The maximum Gasteiger partial charge on any atom is 0.236 e. The topological polar surface area (TPSA) is 80.8 Å². The average molecular weight is 301 g/mol. The summed E-state index contributed by atoms with van der Waals surface area (Å²) >= 11 is 0. The zero-order valence-corrected chi connectivity index (χ0v) is 13.4. The van der Waals surface area contributed by atoms with E-state index in [-0.39, 0.29) is 6.04 Å². The first-order chi connectivity index (χ1) is 10.1. The molecule has 0 radical (unpaired) electrons. The van der Waals surface area contributed by atoms with Crippen LogP contribution in [0.25, 0.3) is 0 Å². The number of aryl methyl sites for hydroxylation is 1. The van der Waals surface area contributed by atoms with Crippen LogP contribution in [-0.2, 0) is 14.2 Å². The van der Waals surface area contributed by atoms with Gasteiger partial charge in [-0.25, -0.2) is 4.68 Å². The molecule has 0 bridgehead atoms. The van der Waals surface area contributed by atoms with Crippen molar-refractivity contribution in [2.45, 2.75) is 26.8 Å². The van der Waals surface area contributed by atoms with E-state index >= 15 is 0 Å². The van der Waals surface area contributed by atoms with Crippen molar-refractivity contribution < 1.29 is 18.9 Å². The van der Waals surface area contributed by atoms with Crippen molar-refractivity contribution >= 4 is 5.69 Å². The van der Waals surface area contributed by atoms with Gasteiger partial charge in [0.15, 0.2) is 0 Å². The smallest absolute Gasteiger partial charge is 0.236 e. The Hall–Kier alpha value is -1.31. The monoisotopic (exact) mass is 301 g/mol. The first-order valence-electron chi connectivity index (χ1n) is 7.19. The van der Waals surface area contributed by atoms with Crippen molar-refractivity contribution in [3.8, 4) is 5.88 Å². The van der Waals surface area contributed by atoms with Gasteiger partial charge in [0.2, 0.25) is 5.88 Å². The summed E-state index contributed by atoms with van der Waals surface area (Å²) in [5.41, 5.74) is 7.34. The van der Waals surface area contributed by atoms with Crippen molar-refractivity contribution in [2.24, 2.45) is 0 Å². The Balaban J connectivity index is 2.21. The minimum absolute atomic E-state index is 0.200. The van der Waals surface area contributed by atoms with Gasteiger partial charge in [0.1, 0.15) is 12.3 Å². The maximum absolute atomic E-state index is 5.97. The van der Waals surface area contributed by atoms with Crippen LogP contribution in [-0.4, -0.2) is 56.5 Å². The molecule has 0 spiro atoms. The molecule has 0 saturated heterocycles. The van der Waals surface area contributed by atoms with Crippen molar-refractivity contribution in [3.63, 3.8) is 0 Å². The van der Waals surface area contributed by atoms with Crippen LogP contribution in [0.2, 0.25) is 0 Å². The fourth-order valence-corrected chi connectivity index (χ4v) is 1.69. The van der Waals surface area contributed by atoms with Crippen LogP contribution in [0.4, 0.5) is 5.69 Å². The highest BCUT2D eigenvalue weighted by atomic mass is 16.6. The average Bonchev–Trinajstić information content (AvgIpc) is 2.74. The van der Waals surface area contributed by atoms with Gasteiger partial charge < -0.3 is 24.7 Å². The molecule has 0 unspecified atom stereocenters. The van der Waals surface area contributed by atoms with Gasteiger partial charge in [0, 0.05) is 7.11 Å². The van der Waals surface area contributed by atoms with Crippen molar-refractivity contribution in [1.82, 2.24) is 9.78 Å². The van der Waals surface area contributed by atoms with E-state index < -0.39 is 0 Å². The third-order valence-corrected chi connectivity index (χ3v) is 2.85. The third-order valence-electron chi connectivity index (χ3n) is 2.85. The molecule has 1 rings (SSSR count). The number of methoxy groups -OCH3 is 1. The molecule has 0 aliphatic heterocycles. The van der Waals surface area contributed by atoms with Crippen LogP contribution in [0.3, 0.4) is 0 Å². The molecular weight excluding hydrogens is 274 g/mol. The standard InChI is InChI=1S/C14H27N3O4/c1-11(2)17-14(13(15)12(3)16-17)21-10-9-20-8-7-19-6-5-18-4/h11H,5-10,15H2,1-4H3. The molecule has 0 aliphatic carbocycles. The summed E-state index contributed by atoms with van der Waals surface area (Å²) < 4.78 is 23.1. The highest BCUT2D eigenvalue weighted by molar-refractivity contribution is 5.52. The lowest BCUT2D eigenvalue weighted by Crippen LogP contribution is -2.14. The van der Waals surface area contributed by atoms with E-state index in [1.807, 2.05) is 20.8 Å². The molecule has 1 heterocycles. The molecule has 0 saturated carbocycles. The second kappa shape index (κ2) is 9.59. The van der Waals surface area contributed by atoms with E-state index in [0.717, 1.165) is 5.69 Å². The first kappa shape index (κ1) is 17.7. The van der Waals surface area contributed by atoms with E-state index in [0.29, 0.717) is 51.2 Å². The minimum atomic E-state index is 0.200. The van der Waals surface area contributed by atoms with Crippen LogP contribution in [0.15, 0.2) is 0 Å². The maximum atomic E-state index is 5.97. The lowest BCUT2D eigenvalue weighted by atomic mass is 10.4. The molecule has 122 valence electrons. The van der Waals surface area contributed by atoms with Gasteiger partial charge in [-0.2, -0.15) is 5.10 Å². The SMILES string of the molecule is COCCOCCOCCOc1c(N)c(C)nn1C(C)C. The minimum Gasteiger partial charge on any atom is -0.474 e. The number of nitrogen functional groups attached to an aromatic ring is 1. The Morgan fingerprint density at radius 1 is 1.05 bits per heavy atom. The molecule has 1 aromatic rings. The third kappa shape index (κ3) is 5.91. The molecule has 0 fully saturated rings. The summed E-state index contributed by atoms with van der Waals surface area (Å²) in [5, 5.41) is 4.36. The van der Waals surface area contributed by atoms with Crippen LogP contribution in [0, 0.1) is 6.92 Å². The van der Waals surface area contributed by atoms with E-state index in [1.165, 1.54) is 0 Å². The summed E-state index contributed by atoms with van der Waals surface area (Å²) in [7, 11) is 1.65. The molecule has 7 heteroatoms. The molecule has 7 nitrogen and oxygen atoms in total. The molecule has 21 heavy (non-hydrogen) atoms. The molecule has 1 aromatic heterocycles. The molecule has 0 amide bonds. The Morgan fingerprint density at radius 2 is 1.62 bits per heavy atom. The van der Waals surface area contributed by atoms with E-state index in [9.17, 15) is 0 Å². The van der Waals surface area contributed by atoms with Gasteiger partial charge in [-0.3, -0.25) is 0 Å². The quantitative estimate of drug-likeness (QED) is 0.622. The van der Waals surface area contributed by atoms with Crippen molar-refractivity contribution in [1.29, 1.82) is 0 Å². The van der Waals surface area contributed by atoms with Gasteiger partial charge in [0.05, 0.1) is 44.8 Å². The first-order valence-corrected chi connectivity index (χ1v) is 7.19. The highest BCUT2D eigenvalue weighted by Gasteiger charge is 2.15. The number of hydrogen-bond donors (Lipinski definition) is 1. The van der Waals surface area contributed by atoms with E-state index in [2.05, 4.69) is 5.10 Å². The fraction of sp³-hybridized carbons (Fsp3) is 0.786. The second-order valence-electron chi connectivity index (χ2n) is 4.91. The number of rotatable bonds is 11. The van der Waals surface area contributed by atoms with Crippen molar-refractivity contribution in [2.75, 3.05) is 52.5 Å². The van der Waals surface area contributed by atoms with Crippen molar-refractivity contribution in [3.05, 3.63) is 5.69 Å². The number of nitrogens with zero attached hydrogens (tertiary/aromatic N) is 2. The summed E-state index contributed by atoms with van der Waals surface area (Å²) in [6.07, 6.45) is 0. The van der Waals surface area contributed by atoms with Crippen LogP contribution in [0.1, 0.15) is 25.6 Å². The van der Waals surface area contributed by atoms with Crippen LogP contribution < -0.4 is 10.5 Å². The lowest BCUT2D eigenvalue weighted by molar-refractivity contribution is 0.0173. The van der Waals surface area contributed by atoms with Crippen LogP contribution in [0.5, 0.6) is 5.88 Å². The molecular formula is C14H27N3O4. The zero-order valence-electron chi connectivity index (χ0n) is 13.4. The summed E-state index contributed by atoms with van der Waals surface area (Å²) in [5.74, 6) is 0.613. The Labute approximate surface area is 126 Å². The fourth-order valence-electron chi connectivity index (χ4n) is 1.69. The highest BCUT2D eigenvalue weighted by Crippen LogP contribution is 2.27. The number of hydrogen-bond acceptors (Lipinski definition) is 6. The summed E-state index contributed by atoms with van der Waals surface area (Å²) in [4.78, 5) is 0. The Kier molecular flexibility index (Phi) is 8.11. The van der Waals surface area contributed by atoms with Gasteiger partial charge in [0.25, 0.3) is 0 Å². The molecule has 0 aliphatic rings. The summed E-state index contributed by atoms with van der Waals surface area (Å²) in [6, 6.07) is 0.200. The number of anilines is 1. The Bertz CT molecular complexity index is 407. The van der Waals surface area contributed by atoms with Gasteiger partial charge in [-0.05, 0) is 20.8 Å². The van der Waals surface area contributed by atoms with E-state index in [1.54, 1.807) is 11.8 Å². The van der Waals surface area contributed by atoms with Gasteiger partial charge >= 0.3 is 0 Å². The Morgan fingerprint density at radius 3 is 2.19 bits per heavy atom. The molecule has 0 aromatic carbocycles.